The summed E-state index contributed by atoms with van der Waals surface area (Å²) in [6.07, 6.45) is 0. The summed E-state index contributed by atoms with van der Waals surface area (Å²) in [6, 6.07) is 12.8. The smallest absolute Gasteiger partial charge is 0.288 e. The first-order valence-electron chi connectivity index (χ1n) is 5.91. The molecule has 0 saturated carbocycles. The van der Waals surface area contributed by atoms with E-state index in [9.17, 15) is 4.21 Å². The third kappa shape index (κ3) is 2.62. The first kappa shape index (κ1) is 13.3. The van der Waals surface area contributed by atoms with E-state index in [4.69, 9.17) is 10.2 Å². The van der Waals surface area contributed by atoms with Crippen LogP contribution in [0.2, 0.25) is 0 Å². The molecule has 0 fully saturated rings. The molecule has 2 aromatic carbocycles. The van der Waals surface area contributed by atoms with E-state index in [1.165, 1.54) is 0 Å². The van der Waals surface area contributed by atoms with Gasteiger partial charge in [-0.15, -0.1) is 0 Å². The Morgan fingerprint density at radius 2 is 2.05 bits per heavy atom. The molecule has 1 atom stereocenters. The summed E-state index contributed by atoms with van der Waals surface area (Å²) in [5, 5.41) is 0.223. The molecule has 3 rings (SSSR count). The largest absolute Gasteiger partial charge is 0.430 e. The van der Waals surface area contributed by atoms with Gasteiger partial charge in [-0.3, -0.25) is 0 Å². The van der Waals surface area contributed by atoms with E-state index < -0.39 is 10.8 Å². The molecule has 0 aliphatic carbocycles. The Morgan fingerprint density at radius 1 is 1.25 bits per heavy atom. The van der Waals surface area contributed by atoms with Crippen molar-refractivity contribution in [1.82, 2.24) is 4.98 Å². The van der Waals surface area contributed by atoms with Crippen molar-refractivity contribution in [2.45, 2.75) is 11.0 Å². The second-order valence-electron chi connectivity index (χ2n) is 4.29. The Bertz CT molecular complexity index is 801. The molecule has 3 aromatic rings. The lowest BCUT2D eigenvalue weighted by Crippen LogP contribution is -1.97. The summed E-state index contributed by atoms with van der Waals surface area (Å²) in [4.78, 5) is 4.24. The molecule has 2 N–H and O–H groups in total. The molecule has 0 radical (unpaired) electrons. The summed E-state index contributed by atoms with van der Waals surface area (Å²) < 4.78 is 18.8. The maximum absolute atomic E-state index is 12.3. The lowest BCUT2D eigenvalue weighted by molar-refractivity contribution is 0.477. The fourth-order valence-electron chi connectivity index (χ4n) is 1.84. The van der Waals surface area contributed by atoms with Crippen LogP contribution < -0.4 is 5.73 Å². The lowest BCUT2D eigenvalue weighted by atomic mass is 10.2. The summed E-state index contributed by atoms with van der Waals surface area (Å²) in [6.45, 7) is 0. The summed E-state index contributed by atoms with van der Waals surface area (Å²) >= 11 is 3.44. The minimum atomic E-state index is -1.33. The number of hydrogen-bond donors (Lipinski definition) is 1. The van der Waals surface area contributed by atoms with Crippen molar-refractivity contribution in [2.24, 2.45) is 0 Å². The molecule has 0 spiro atoms. The van der Waals surface area contributed by atoms with E-state index in [0.29, 0.717) is 22.5 Å². The van der Waals surface area contributed by atoms with Gasteiger partial charge in [0.25, 0.3) is 5.22 Å². The zero-order chi connectivity index (χ0) is 14.1. The third-order valence-electron chi connectivity index (χ3n) is 2.83. The number of oxazole rings is 1. The topological polar surface area (TPSA) is 69.1 Å². The number of fused-ring (bicyclic) bond motifs is 1. The van der Waals surface area contributed by atoms with Gasteiger partial charge < -0.3 is 10.2 Å². The minimum Gasteiger partial charge on any atom is -0.430 e. The molecule has 0 aliphatic heterocycles. The molecule has 20 heavy (non-hydrogen) atoms. The van der Waals surface area contributed by atoms with E-state index in [-0.39, 0.29) is 5.22 Å². The van der Waals surface area contributed by atoms with Crippen LogP contribution >= 0.6 is 15.9 Å². The molecule has 1 aromatic heterocycles. The van der Waals surface area contributed by atoms with E-state index >= 15 is 0 Å². The SMILES string of the molecule is Nc1ccc2oc(S(=O)Cc3ccccc3Br)nc2c1. The summed E-state index contributed by atoms with van der Waals surface area (Å²) in [7, 11) is -1.33. The molecular weight excluding hydrogens is 340 g/mol. The van der Waals surface area contributed by atoms with Crippen LogP contribution in [0.1, 0.15) is 5.56 Å². The average Bonchev–Trinajstić information content (AvgIpc) is 2.84. The average molecular weight is 351 g/mol. The van der Waals surface area contributed by atoms with E-state index in [0.717, 1.165) is 10.0 Å². The molecule has 0 amide bonds. The van der Waals surface area contributed by atoms with Crippen LogP contribution in [0.15, 0.2) is 56.6 Å². The molecule has 4 nitrogen and oxygen atoms in total. The molecule has 6 heteroatoms. The highest BCUT2D eigenvalue weighted by Gasteiger charge is 2.14. The van der Waals surface area contributed by atoms with Crippen molar-refractivity contribution in [3.63, 3.8) is 0 Å². The predicted molar refractivity (Wildman–Crippen MR) is 82.7 cm³/mol. The highest BCUT2D eigenvalue weighted by Crippen LogP contribution is 2.23. The number of aromatic nitrogens is 1. The maximum Gasteiger partial charge on any atom is 0.288 e. The number of benzene rings is 2. The quantitative estimate of drug-likeness (QED) is 0.734. The van der Waals surface area contributed by atoms with Crippen LogP contribution in [0.3, 0.4) is 0 Å². The molecule has 102 valence electrons. The van der Waals surface area contributed by atoms with Crippen molar-refractivity contribution in [3.05, 3.63) is 52.5 Å². The van der Waals surface area contributed by atoms with Gasteiger partial charge >= 0.3 is 0 Å². The molecule has 1 unspecified atom stereocenters. The van der Waals surface area contributed by atoms with E-state index in [1.54, 1.807) is 18.2 Å². The van der Waals surface area contributed by atoms with Gasteiger partial charge in [-0.25, -0.2) is 9.19 Å². The minimum absolute atomic E-state index is 0.223. The van der Waals surface area contributed by atoms with Gasteiger partial charge in [-0.1, -0.05) is 34.1 Å². The van der Waals surface area contributed by atoms with Crippen LogP contribution in [-0.2, 0) is 16.6 Å². The number of hydrogen-bond acceptors (Lipinski definition) is 4. The van der Waals surface area contributed by atoms with E-state index in [1.807, 2.05) is 24.3 Å². The van der Waals surface area contributed by atoms with Crippen molar-refractivity contribution in [3.8, 4) is 0 Å². The monoisotopic (exact) mass is 350 g/mol. The van der Waals surface area contributed by atoms with Gasteiger partial charge in [0, 0.05) is 10.2 Å². The summed E-state index contributed by atoms with van der Waals surface area (Å²) in [5.74, 6) is 0.351. The normalized spacial score (nSPS) is 12.7. The zero-order valence-electron chi connectivity index (χ0n) is 10.4. The van der Waals surface area contributed by atoms with Gasteiger partial charge in [0.2, 0.25) is 0 Å². The Kier molecular flexibility index (Phi) is 3.58. The predicted octanol–water partition coefficient (Wildman–Crippen LogP) is 3.48. The number of nitrogens with two attached hydrogens (primary N) is 1. The molecular formula is C14H11BrN2O2S. The summed E-state index contributed by atoms with van der Waals surface area (Å²) in [5.41, 5.74) is 8.46. The molecule has 0 bridgehead atoms. The molecule has 1 heterocycles. The number of nitrogen functional groups attached to an aromatic ring is 1. The standard InChI is InChI=1S/C14H11BrN2O2S/c15-11-4-2-1-3-9(11)8-20(18)14-17-12-7-10(16)5-6-13(12)19-14/h1-7H,8,16H2. The Labute approximate surface area is 126 Å². The number of halogens is 1. The fraction of sp³-hybridized carbons (Fsp3) is 0.0714. The molecule has 0 aliphatic rings. The van der Waals surface area contributed by atoms with Crippen LogP contribution in [-0.4, -0.2) is 9.19 Å². The van der Waals surface area contributed by atoms with Gasteiger partial charge in [0.05, 0.1) is 5.75 Å². The second-order valence-corrected chi connectivity index (χ2v) is 6.47. The van der Waals surface area contributed by atoms with Gasteiger partial charge in [0.15, 0.2) is 5.58 Å². The van der Waals surface area contributed by atoms with Gasteiger partial charge in [-0.2, -0.15) is 0 Å². The third-order valence-corrected chi connectivity index (χ3v) is 4.74. The zero-order valence-corrected chi connectivity index (χ0v) is 12.8. The van der Waals surface area contributed by atoms with Crippen molar-refractivity contribution >= 4 is 43.5 Å². The van der Waals surface area contributed by atoms with Crippen LogP contribution in [0.4, 0.5) is 5.69 Å². The molecule has 0 saturated heterocycles. The highest BCUT2D eigenvalue weighted by molar-refractivity contribution is 9.10. The fourth-order valence-corrected chi connectivity index (χ4v) is 3.49. The maximum atomic E-state index is 12.3. The first-order chi connectivity index (χ1) is 9.63. The van der Waals surface area contributed by atoms with E-state index in [2.05, 4.69) is 20.9 Å². The van der Waals surface area contributed by atoms with Crippen molar-refractivity contribution in [1.29, 1.82) is 0 Å². The second kappa shape index (κ2) is 5.38. The number of nitrogens with zero attached hydrogens (tertiary/aromatic N) is 1. The van der Waals surface area contributed by atoms with Crippen molar-refractivity contribution in [2.75, 3.05) is 5.73 Å². The van der Waals surface area contributed by atoms with Crippen LogP contribution in [0, 0.1) is 0 Å². The van der Waals surface area contributed by atoms with Gasteiger partial charge in [0.1, 0.15) is 16.3 Å². The van der Waals surface area contributed by atoms with Crippen LogP contribution in [0.5, 0.6) is 0 Å². The Morgan fingerprint density at radius 3 is 2.85 bits per heavy atom. The Balaban J connectivity index is 1.91. The first-order valence-corrected chi connectivity index (χ1v) is 8.02. The lowest BCUT2D eigenvalue weighted by Gasteiger charge is -2.01. The highest BCUT2D eigenvalue weighted by atomic mass is 79.9. The van der Waals surface area contributed by atoms with Crippen molar-refractivity contribution < 1.29 is 8.63 Å². The number of anilines is 1. The van der Waals surface area contributed by atoms with Crippen LogP contribution in [0.25, 0.3) is 11.1 Å². The van der Waals surface area contributed by atoms with Gasteiger partial charge in [-0.05, 0) is 29.8 Å². The number of rotatable bonds is 3. The Hall–Kier alpha value is -1.66.